The van der Waals surface area contributed by atoms with Gasteiger partial charge in [-0.3, -0.25) is 0 Å². The van der Waals surface area contributed by atoms with Gasteiger partial charge in [-0.1, -0.05) is 13.8 Å². The second kappa shape index (κ2) is 4.91. The Morgan fingerprint density at radius 3 is 1.87 bits per heavy atom. The van der Waals surface area contributed by atoms with Gasteiger partial charge in [-0.25, -0.2) is 0 Å². The van der Waals surface area contributed by atoms with Crippen LogP contribution in [0.3, 0.4) is 0 Å². The summed E-state index contributed by atoms with van der Waals surface area (Å²) in [7, 11) is 0. The minimum absolute atomic E-state index is 0.0349. The molecule has 0 saturated heterocycles. The molecule has 86 valence electrons. The smallest absolute Gasteiger partial charge is 0.397 e. The van der Waals surface area contributed by atoms with Crippen LogP contribution in [-0.4, -0.2) is 0 Å². The molecule has 0 aromatic heterocycles. The first-order chi connectivity index (χ1) is 6.82. The molecule has 0 unspecified atom stereocenters. The molecular weight excluding hydrogens is 205 g/mol. The number of rotatable bonds is 0. The van der Waals surface area contributed by atoms with Crippen LogP contribution in [0.15, 0.2) is 12.1 Å². The molecule has 0 fully saturated rings. The van der Waals surface area contributed by atoms with E-state index >= 15 is 0 Å². The Morgan fingerprint density at radius 2 is 1.53 bits per heavy atom. The summed E-state index contributed by atoms with van der Waals surface area (Å²) in [5.41, 5.74) is 10.4. The van der Waals surface area contributed by atoms with E-state index in [-0.39, 0.29) is 11.4 Å². The molecule has 1 aromatic carbocycles. The van der Waals surface area contributed by atoms with Gasteiger partial charge in [0.25, 0.3) is 0 Å². The Kier molecular flexibility index (Phi) is 4.45. The second-order valence-corrected chi connectivity index (χ2v) is 2.79. The third-order valence-corrected chi connectivity index (χ3v) is 1.75. The molecule has 0 heterocycles. The van der Waals surface area contributed by atoms with E-state index in [9.17, 15) is 13.2 Å². The average molecular weight is 220 g/mol. The summed E-state index contributed by atoms with van der Waals surface area (Å²) in [6.45, 7) is 5.49. The first kappa shape index (κ1) is 13.6. The van der Waals surface area contributed by atoms with Crippen molar-refractivity contribution >= 4 is 11.4 Å². The van der Waals surface area contributed by atoms with Crippen molar-refractivity contribution < 1.29 is 13.2 Å². The fraction of sp³-hybridized carbons (Fsp3) is 0.400. The van der Waals surface area contributed by atoms with Crippen molar-refractivity contribution in [3.63, 3.8) is 0 Å². The van der Waals surface area contributed by atoms with Gasteiger partial charge in [0.1, 0.15) is 0 Å². The number of hydrogen-bond donors (Lipinski definition) is 2. The molecule has 0 aliphatic heterocycles. The Hall–Kier alpha value is -1.39. The molecule has 15 heavy (non-hydrogen) atoms. The Morgan fingerprint density at radius 1 is 1.07 bits per heavy atom. The normalized spacial score (nSPS) is 10.5. The zero-order valence-electron chi connectivity index (χ0n) is 8.94. The minimum Gasteiger partial charge on any atom is -0.397 e. The molecule has 0 amide bonds. The maximum Gasteiger partial charge on any atom is 0.416 e. The third-order valence-electron chi connectivity index (χ3n) is 1.75. The fourth-order valence-corrected chi connectivity index (χ4v) is 0.989. The largest absolute Gasteiger partial charge is 0.416 e. The predicted molar refractivity (Wildman–Crippen MR) is 56.4 cm³/mol. The number of halogens is 3. The van der Waals surface area contributed by atoms with Crippen LogP contribution in [0, 0.1) is 6.92 Å². The van der Waals surface area contributed by atoms with Gasteiger partial charge in [0.2, 0.25) is 0 Å². The lowest BCUT2D eigenvalue weighted by Gasteiger charge is -2.10. The number of aryl methyl sites for hydroxylation is 1. The van der Waals surface area contributed by atoms with Crippen molar-refractivity contribution in [3.8, 4) is 0 Å². The van der Waals surface area contributed by atoms with Crippen molar-refractivity contribution in [1.29, 1.82) is 0 Å². The van der Waals surface area contributed by atoms with E-state index in [2.05, 4.69) is 0 Å². The van der Waals surface area contributed by atoms with Gasteiger partial charge in [0.05, 0.1) is 16.9 Å². The average Bonchev–Trinajstić information content (AvgIpc) is 2.15. The van der Waals surface area contributed by atoms with Crippen LogP contribution in [-0.2, 0) is 6.18 Å². The number of nitrogens with two attached hydrogens (primary N) is 2. The topological polar surface area (TPSA) is 52.0 Å². The van der Waals surface area contributed by atoms with E-state index < -0.39 is 11.7 Å². The summed E-state index contributed by atoms with van der Waals surface area (Å²) in [5.74, 6) is 0. The maximum absolute atomic E-state index is 12.2. The summed E-state index contributed by atoms with van der Waals surface area (Å²) in [5, 5.41) is 0. The SMILES string of the molecule is CC.Cc1cc(C(F)(F)F)cc(N)c1N. The molecule has 5 heteroatoms. The third kappa shape index (κ3) is 3.34. The fourth-order valence-electron chi connectivity index (χ4n) is 0.989. The summed E-state index contributed by atoms with van der Waals surface area (Å²) < 4.78 is 36.5. The highest BCUT2D eigenvalue weighted by Gasteiger charge is 2.31. The molecule has 0 aliphatic rings. The van der Waals surface area contributed by atoms with E-state index in [1.807, 2.05) is 13.8 Å². The Labute approximate surface area is 87.1 Å². The van der Waals surface area contributed by atoms with E-state index in [0.717, 1.165) is 12.1 Å². The maximum atomic E-state index is 12.2. The number of anilines is 2. The zero-order chi connectivity index (χ0) is 12.2. The van der Waals surface area contributed by atoms with Gasteiger partial charge in [0, 0.05) is 0 Å². The van der Waals surface area contributed by atoms with Gasteiger partial charge >= 0.3 is 6.18 Å². The van der Waals surface area contributed by atoms with E-state index in [1.54, 1.807) is 0 Å². The van der Waals surface area contributed by atoms with Crippen LogP contribution < -0.4 is 11.5 Å². The summed E-state index contributed by atoms with van der Waals surface area (Å²) in [4.78, 5) is 0. The van der Waals surface area contributed by atoms with Crippen molar-refractivity contribution in [2.75, 3.05) is 11.5 Å². The number of hydrogen-bond acceptors (Lipinski definition) is 2. The summed E-state index contributed by atoms with van der Waals surface area (Å²) >= 11 is 0. The lowest BCUT2D eigenvalue weighted by molar-refractivity contribution is -0.137. The molecule has 0 bridgehead atoms. The lowest BCUT2D eigenvalue weighted by atomic mass is 10.1. The molecule has 4 N–H and O–H groups in total. The number of benzene rings is 1. The quantitative estimate of drug-likeness (QED) is 0.659. The molecule has 0 atom stereocenters. The lowest BCUT2D eigenvalue weighted by Crippen LogP contribution is -2.08. The van der Waals surface area contributed by atoms with Crippen LogP contribution in [0.5, 0.6) is 0 Å². The van der Waals surface area contributed by atoms with Crippen molar-refractivity contribution in [2.45, 2.75) is 26.9 Å². The van der Waals surface area contributed by atoms with Gasteiger partial charge < -0.3 is 11.5 Å². The van der Waals surface area contributed by atoms with E-state index in [1.165, 1.54) is 6.92 Å². The standard InChI is InChI=1S/C8H9F3N2.C2H6/c1-4-2-5(8(9,10)11)3-6(12)7(4)13;1-2/h2-3H,12-13H2,1H3;1-2H3. The Balaban J connectivity index is 0.000000921. The molecule has 1 aromatic rings. The van der Waals surface area contributed by atoms with Gasteiger partial charge in [-0.2, -0.15) is 13.2 Å². The monoisotopic (exact) mass is 220 g/mol. The molecule has 1 rings (SSSR count). The summed E-state index contributed by atoms with van der Waals surface area (Å²) in [6.07, 6.45) is -4.37. The van der Waals surface area contributed by atoms with E-state index in [0.29, 0.717) is 5.56 Å². The zero-order valence-corrected chi connectivity index (χ0v) is 8.94. The van der Waals surface area contributed by atoms with Crippen molar-refractivity contribution in [3.05, 3.63) is 23.3 Å². The molecule has 2 nitrogen and oxygen atoms in total. The minimum atomic E-state index is -4.37. The van der Waals surface area contributed by atoms with Crippen LogP contribution in [0.2, 0.25) is 0 Å². The highest BCUT2D eigenvalue weighted by molar-refractivity contribution is 5.68. The predicted octanol–water partition coefficient (Wildman–Crippen LogP) is 3.20. The summed E-state index contributed by atoms with van der Waals surface area (Å²) in [6, 6.07) is 1.81. The number of nitrogen functional groups attached to an aromatic ring is 2. The highest BCUT2D eigenvalue weighted by Crippen LogP contribution is 2.33. The second-order valence-electron chi connectivity index (χ2n) is 2.79. The van der Waals surface area contributed by atoms with Gasteiger partial charge in [0.15, 0.2) is 0 Å². The first-order valence-corrected chi connectivity index (χ1v) is 4.55. The van der Waals surface area contributed by atoms with Crippen molar-refractivity contribution in [1.82, 2.24) is 0 Å². The van der Waals surface area contributed by atoms with E-state index in [4.69, 9.17) is 11.5 Å². The van der Waals surface area contributed by atoms with Crippen LogP contribution >= 0.6 is 0 Å². The molecular formula is C10H15F3N2. The first-order valence-electron chi connectivity index (χ1n) is 4.55. The van der Waals surface area contributed by atoms with Gasteiger partial charge in [-0.05, 0) is 24.6 Å². The number of alkyl halides is 3. The molecule has 0 radical (unpaired) electrons. The molecule has 0 spiro atoms. The van der Waals surface area contributed by atoms with Crippen molar-refractivity contribution in [2.24, 2.45) is 0 Å². The highest BCUT2D eigenvalue weighted by atomic mass is 19.4. The van der Waals surface area contributed by atoms with Gasteiger partial charge in [-0.15, -0.1) is 0 Å². The molecule has 0 saturated carbocycles. The Bertz CT molecular complexity index is 309. The molecule has 0 aliphatic carbocycles. The van der Waals surface area contributed by atoms with Crippen LogP contribution in [0.4, 0.5) is 24.5 Å². The van der Waals surface area contributed by atoms with Crippen LogP contribution in [0.25, 0.3) is 0 Å². The van der Waals surface area contributed by atoms with Crippen LogP contribution in [0.1, 0.15) is 25.0 Å².